The van der Waals surface area contributed by atoms with Gasteiger partial charge >= 0.3 is 11.9 Å². The lowest BCUT2D eigenvalue weighted by atomic mass is 10.3. The molecule has 0 heterocycles. The van der Waals surface area contributed by atoms with Gasteiger partial charge < -0.3 is 5.11 Å². The van der Waals surface area contributed by atoms with Gasteiger partial charge in [0.2, 0.25) is 0 Å². The first-order chi connectivity index (χ1) is 6.44. The fraction of sp³-hybridized carbons (Fsp3) is 0.444. The molecular formula is C9H13F2NO2. The molecule has 14 heavy (non-hydrogen) atoms. The fourth-order valence-electron chi connectivity index (χ4n) is 0.917. The summed E-state index contributed by atoms with van der Waals surface area (Å²) in [4.78, 5) is 11.4. The van der Waals surface area contributed by atoms with E-state index in [-0.39, 0.29) is 13.1 Å². The van der Waals surface area contributed by atoms with Crippen molar-refractivity contribution in [1.82, 2.24) is 4.90 Å². The van der Waals surface area contributed by atoms with Gasteiger partial charge in [0, 0.05) is 13.1 Å². The van der Waals surface area contributed by atoms with Crippen molar-refractivity contribution < 1.29 is 18.7 Å². The van der Waals surface area contributed by atoms with E-state index in [4.69, 9.17) is 5.11 Å². The molecule has 0 radical (unpaired) electrons. The summed E-state index contributed by atoms with van der Waals surface area (Å²) in [6.45, 7) is 6.35. The number of carbonyl (C=O) groups is 1. The lowest BCUT2D eigenvalue weighted by Gasteiger charge is -2.22. The number of nitrogens with zero attached hydrogens (tertiary/aromatic N) is 1. The summed E-state index contributed by atoms with van der Waals surface area (Å²) < 4.78 is 25.5. The van der Waals surface area contributed by atoms with Crippen molar-refractivity contribution in [3.8, 4) is 0 Å². The second-order valence-corrected chi connectivity index (χ2v) is 2.78. The molecule has 0 fully saturated rings. The molecule has 0 bridgehead atoms. The minimum Gasteiger partial charge on any atom is -0.477 e. The Morgan fingerprint density at radius 2 is 1.79 bits per heavy atom. The molecule has 1 N–H and O–H groups in total. The summed E-state index contributed by atoms with van der Waals surface area (Å²) in [5.74, 6) is -5.85. The Labute approximate surface area is 81.3 Å². The molecule has 3 nitrogen and oxygen atoms in total. The van der Waals surface area contributed by atoms with E-state index in [1.165, 1.54) is 17.1 Å². The number of hydrogen-bond donors (Lipinski definition) is 1. The maximum Gasteiger partial charge on any atom is 0.375 e. The summed E-state index contributed by atoms with van der Waals surface area (Å²) in [6, 6.07) is 0. The molecule has 0 saturated heterocycles. The van der Waals surface area contributed by atoms with Crippen LogP contribution in [-0.2, 0) is 4.79 Å². The van der Waals surface area contributed by atoms with Crippen molar-refractivity contribution in [2.24, 2.45) is 0 Å². The van der Waals surface area contributed by atoms with Crippen LogP contribution in [0.4, 0.5) is 8.78 Å². The molecule has 0 aromatic heterocycles. The number of carboxylic acids is 1. The number of halogens is 2. The molecule has 0 spiro atoms. The molecule has 0 atom stereocenters. The van der Waals surface area contributed by atoms with Crippen molar-refractivity contribution in [2.75, 3.05) is 19.6 Å². The first-order valence-corrected chi connectivity index (χ1v) is 3.99. The van der Waals surface area contributed by atoms with Gasteiger partial charge in [0.1, 0.15) is 0 Å². The minimum atomic E-state index is -3.73. The molecule has 5 heteroatoms. The Morgan fingerprint density at radius 3 is 2.07 bits per heavy atom. The second-order valence-electron chi connectivity index (χ2n) is 2.78. The average Bonchev–Trinajstić information content (AvgIpc) is 2.04. The van der Waals surface area contributed by atoms with Gasteiger partial charge in [0.25, 0.3) is 0 Å². The van der Waals surface area contributed by atoms with Crippen molar-refractivity contribution >= 4 is 5.97 Å². The Bertz CT molecular complexity index is 219. The van der Waals surface area contributed by atoms with E-state index in [2.05, 4.69) is 13.2 Å². The van der Waals surface area contributed by atoms with E-state index in [0.29, 0.717) is 0 Å². The highest BCUT2D eigenvalue weighted by molar-refractivity contribution is 5.75. The largest absolute Gasteiger partial charge is 0.477 e. The monoisotopic (exact) mass is 205 g/mol. The Morgan fingerprint density at radius 1 is 1.36 bits per heavy atom. The van der Waals surface area contributed by atoms with Crippen LogP contribution in [0.1, 0.15) is 0 Å². The first kappa shape index (κ1) is 12.8. The summed E-state index contributed by atoms with van der Waals surface area (Å²) >= 11 is 0. The topological polar surface area (TPSA) is 40.5 Å². The van der Waals surface area contributed by atoms with Crippen LogP contribution in [0, 0.1) is 0 Å². The summed E-state index contributed by atoms with van der Waals surface area (Å²) in [7, 11) is 0. The van der Waals surface area contributed by atoms with Crippen LogP contribution in [0.25, 0.3) is 0 Å². The molecule has 0 aromatic rings. The van der Waals surface area contributed by atoms with Crippen molar-refractivity contribution in [3.05, 3.63) is 25.3 Å². The number of rotatable bonds is 7. The van der Waals surface area contributed by atoms with Crippen LogP contribution in [0.3, 0.4) is 0 Å². The van der Waals surface area contributed by atoms with E-state index in [0.717, 1.165) is 0 Å². The lowest BCUT2D eigenvalue weighted by Crippen LogP contribution is -2.42. The van der Waals surface area contributed by atoms with E-state index >= 15 is 0 Å². The predicted octanol–water partition coefficient (Wildman–Crippen LogP) is 1.38. The smallest absolute Gasteiger partial charge is 0.375 e. The zero-order valence-electron chi connectivity index (χ0n) is 7.75. The SMILES string of the molecule is C=CCN(CC=C)CC(F)(F)C(=O)O. The molecule has 0 aliphatic rings. The van der Waals surface area contributed by atoms with Crippen LogP contribution < -0.4 is 0 Å². The predicted molar refractivity (Wildman–Crippen MR) is 49.4 cm³/mol. The highest BCUT2D eigenvalue weighted by Gasteiger charge is 2.40. The summed E-state index contributed by atoms with van der Waals surface area (Å²) in [5, 5.41) is 8.20. The number of alkyl halides is 2. The average molecular weight is 205 g/mol. The third-order valence-electron chi connectivity index (χ3n) is 1.51. The molecule has 0 amide bonds. The van der Waals surface area contributed by atoms with Crippen LogP contribution in [0.5, 0.6) is 0 Å². The standard InChI is InChI=1S/C9H13F2NO2/c1-3-5-12(6-4-2)7-9(10,11)8(13)14/h3-4H,1-2,5-7H2,(H,13,14). The lowest BCUT2D eigenvalue weighted by molar-refractivity contribution is -0.167. The van der Waals surface area contributed by atoms with Crippen molar-refractivity contribution in [3.63, 3.8) is 0 Å². The maximum atomic E-state index is 12.7. The highest BCUT2D eigenvalue weighted by atomic mass is 19.3. The Hall–Kier alpha value is -1.23. The Kier molecular flexibility index (Phi) is 5.01. The van der Waals surface area contributed by atoms with Gasteiger partial charge in [-0.15, -0.1) is 13.2 Å². The van der Waals surface area contributed by atoms with Gasteiger partial charge in [-0.05, 0) is 0 Å². The van der Waals surface area contributed by atoms with Gasteiger partial charge in [-0.3, -0.25) is 4.90 Å². The van der Waals surface area contributed by atoms with Crippen LogP contribution in [-0.4, -0.2) is 41.5 Å². The zero-order chi connectivity index (χ0) is 11.2. The highest BCUT2D eigenvalue weighted by Crippen LogP contribution is 2.15. The first-order valence-electron chi connectivity index (χ1n) is 3.99. The van der Waals surface area contributed by atoms with Gasteiger partial charge in [0.15, 0.2) is 0 Å². The molecule has 0 aromatic carbocycles. The Balaban J connectivity index is 4.33. The van der Waals surface area contributed by atoms with E-state index in [1.807, 2.05) is 0 Å². The van der Waals surface area contributed by atoms with E-state index in [1.54, 1.807) is 0 Å². The van der Waals surface area contributed by atoms with Gasteiger partial charge in [0.05, 0.1) is 6.54 Å². The minimum absolute atomic E-state index is 0.203. The third kappa shape index (κ3) is 4.13. The third-order valence-corrected chi connectivity index (χ3v) is 1.51. The fourth-order valence-corrected chi connectivity index (χ4v) is 0.917. The molecule has 0 unspecified atom stereocenters. The molecular weight excluding hydrogens is 192 g/mol. The normalized spacial score (nSPS) is 11.4. The number of aliphatic carboxylic acids is 1. The molecule has 0 rings (SSSR count). The quantitative estimate of drug-likeness (QED) is 0.638. The van der Waals surface area contributed by atoms with Crippen LogP contribution in [0.2, 0.25) is 0 Å². The summed E-state index contributed by atoms with van der Waals surface area (Å²) in [6.07, 6.45) is 2.86. The molecule has 0 aliphatic carbocycles. The maximum absolute atomic E-state index is 12.7. The van der Waals surface area contributed by atoms with Crippen molar-refractivity contribution in [2.45, 2.75) is 5.92 Å². The number of hydrogen-bond acceptors (Lipinski definition) is 2. The van der Waals surface area contributed by atoms with Gasteiger partial charge in [-0.1, -0.05) is 12.2 Å². The molecule has 0 saturated carbocycles. The van der Waals surface area contributed by atoms with Gasteiger partial charge in [-0.2, -0.15) is 8.78 Å². The van der Waals surface area contributed by atoms with E-state index < -0.39 is 18.4 Å². The molecule has 80 valence electrons. The van der Waals surface area contributed by atoms with Gasteiger partial charge in [-0.25, -0.2) is 4.79 Å². The van der Waals surface area contributed by atoms with Crippen molar-refractivity contribution in [1.29, 1.82) is 0 Å². The molecule has 0 aliphatic heterocycles. The number of carboxylic acid groups (broad SMARTS) is 1. The summed E-state index contributed by atoms with van der Waals surface area (Å²) in [5.41, 5.74) is 0. The van der Waals surface area contributed by atoms with Crippen LogP contribution >= 0.6 is 0 Å². The van der Waals surface area contributed by atoms with Crippen LogP contribution in [0.15, 0.2) is 25.3 Å². The zero-order valence-corrected chi connectivity index (χ0v) is 7.75. The second kappa shape index (κ2) is 5.49. The van der Waals surface area contributed by atoms with E-state index in [9.17, 15) is 13.6 Å².